The van der Waals surface area contributed by atoms with Crippen LogP contribution >= 0.6 is 0 Å². The summed E-state index contributed by atoms with van der Waals surface area (Å²) < 4.78 is 5.22. The van der Waals surface area contributed by atoms with Gasteiger partial charge in [-0.25, -0.2) is 0 Å². The van der Waals surface area contributed by atoms with Crippen LogP contribution in [0, 0.1) is 13.8 Å². The molecule has 0 saturated heterocycles. The third-order valence-corrected chi connectivity index (χ3v) is 2.66. The molecule has 1 unspecified atom stereocenters. The Morgan fingerprint density at radius 1 is 1.27 bits per heavy atom. The Morgan fingerprint density at radius 3 is 2.60 bits per heavy atom. The first kappa shape index (κ1) is 12.2. The summed E-state index contributed by atoms with van der Waals surface area (Å²) >= 11 is 0. The van der Waals surface area contributed by atoms with Gasteiger partial charge in [0, 0.05) is 19.6 Å². The Morgan fingerprint density at radius 2 is 2.00 bits per heavy atom. The minimum atomic E-state index is -0.407. The van der Waals surface area contributed by atoms with Gasteiger partial charge in [-0.1, -0.05) is 18.2 Å². The number of benzene rings is 1. The lowest BCUT2D eigenvalue weighted by Gasteiger charge is -2.12. The number of aliphatic hydroxyl groups excluding tert-OH is 1. The molecule has 0 saturated carbocycles. The Bertz CT molecular complexity index is 307. The average molecular weight is 208 g/mol. The summed E-state index contributed by atoms with van der Waals surface area (Å²) in [5.41, 5.74) is 3.47. The highest BCUT2D eigenvalue weighted by molar-refractivity contribution is 5.31. The summed E-state index contributed by atoms with van der Waals surface area (Å²) in [6, 6.07) is 6.08. The van der Waals surface area contributed by atoms with Gasteiger partial charge in [-0.2, -0.15) is 0 Å². The molecule has 84 valence electrons. The van der Waals surface area contributed by atoms with Gasteiger partial charge in [0.15, 0.2) is 0 Å². The highest BCUT2D eigenvalue weighted by atomic mass is 16.5. The van der Waals surface area contributed by atoms with Crippen molar-refractivity contribution < 1.29 is 9.84 Å². The first-order valence-corrected chi connectivity index (χ1v) is 5.48. The maximum Gasteiger partial charge on any atom is 0.0812 e. The zero-order valence-electron chi connectivity index (χ0n) is 9.79. The van der Waals surface area contributed by atoms with E-state index in [-0.39, 0.29) is 0 Å². The number of hydrogen-bond acceptors (Lipinski definition) is 2. The van der Waals surface area contributed by atoms with E-state index in [1.165, 1.54) is 11.1 Å². The number of ether oxygens (including phenoxy) is 1. The Hall–Kier alpha value is -0.860. The predicted octanol–water partition coefficient (Wildman–Crippen LogP) is 2.76. The maximum atomic E-state index is 9.88. The molecule has 0 radical (unpaired) electrons. The molecule has 2 heteroatoms. The van der Waals surface area contributed by atoms with Gasteiger partial charge >= 0.3 is 0 Å². The molecule has 0 bridgehead atoms. The second kappa shape index (κ2) is 5.89. The average Bonchev–Trinajstić information content (AvgIpc) is 2.22. The lowest BCUT2D eigenvalue weighted by Crippen LogP contribution is -2.03. The number of hydrogen-bond donors (Lipinski definition) is 1. The summed E-state index contributed by atoms with van der Waals surface area (Å²) in [7, 11) is 0. The highest BCUT2D eigenvalue weighted by Gasteiger charge is 2.07. The minimum absolute atomic E-state index is 0.407. The van der Waals surface area contributed by atoms with Gasteiger partial charge in [0.25, 0.3) is 0 Å². The molecule has 1 N–H and O–H groups in total. The van der Waals surface area contributed by atoms with Crippen molar-refractivity contribution in [3.05, 3.63) is 34.9 Å². The molecule has 0 aromatic heterocycles. The fourth-order valence-electron chi connectivity index (χ4n) is 1.48. The van der Waals surface area contributed by atoms with Crippen molar-refractivity contribution >= 4 is 0 Å². The molecule has 0 spiro atoms. The van der Waals surface area contributed by atoms with E-state index in [4.69, 9.17) is 4.74 Å². The summed E-state index contributed by atoms with van der Waals surface area (Å²) in [4.78, 5) is 0. The fraction of sp³-hybridized carbons (Fsp3) is 0.538. The third kappa shape index (κ3) is 3.65. The SMILES string of the molecule is CCOCCC(O)c1ccc(C)c(C)c1. The molecule has 0 fully saturated rings. The van der Waals surface area contributed by atoms with E-state index in [2.05, 4.69) is 19.9 Å². The van der Waals surface area contributed by atoms with Gasteiger partial charge in [0.2, 0.25) is 0 Å². The molecular formula is C13H20O2. The number of aryl methyl sites for hydroxylation is 2. The van der Waals surface area contributed by atoms with Gasteiger partial charge in [-0.3, -0.25) is 0 Å². The smallest absolute Gasteiger partial charge is 0.0812 e. The molecule has 1 aromatic rings. The number of aliphatic hydroxyl groups is 1. The molecule has 0 aliphatic carbocycles. The molecule has 0 amide bonds. The standard InChI is InChI=1S/C13H20O2/c1-4-15-8-7-13(14)12-6-5-10(2)11(3)9-12/h5-6,9,13-14H,4,7-8H2,1-3H3. The fourth-order valence-corrected chi connectivity index (χ4v) is 1.48. The first-order chi connectivity index (χ1) is 7.15. The lowest BCUT2D eigenvalue weighted by molar-refractivity contribution is 0.0886. The Balaban J connectivity index is 2.57. The van der Waals surface area contributed by atoms with Gasteiger partial charge in [0.1, 0.15) is 0 Å². The Labute approximate surface area is 91.9 Å². The van der Waals surface area contributed by atoms with Gasteiger partial charge in [-0.05, 0) is 37.5 Å². The van der Waals surface area contributed by atoms with E-state index < -0.39 is 6.10 Å². The van der Waals surface area contributed by atoms with Crippen LogP contribution in [0.2, 0.25) is 0 Å². The normalized spacial score (nSPS) is 12.8. The van der Waals surface area contributed by atoms with Crippen molar-refractivity contribution in [1.29, 1.82) is 0 Å². The maximum absolute atomic E-state index is 9.88. The molecule has 1 aromatic carbocycles. The van der Waals surface area contributed by atoms with Gasteiger partial charge in [0.05, 0.1) is 6.10 Å². The summed E-state index contributed by atoms with van der Waals surface area (Å²) in [5.74, 6) is 0. The van der Waals surface area contributed by atoms with Crippen LogP contribution in [0.5, 0.6) is 0 Å². The first-order valence-electron chi connectivity index (χ1n) is 5.48. The van der Waals surface area contributed by atoms with Crippen LogP contribution in [0.25, 0.3) is 0 Å². The van der Waals surface area contributed by atoms with Crippen LogP contribution in [0.3, 0.4) is 0 Å². The second-order valence-electron chi connectivity index (χ2n) is 3.85. The molecule has 0 aliphatic rings. The quantitative estimate of drug-likeness (QED) is 0.754. The summed E-state index contributed by atoms with van der Waals surface area (Å²) in [6.45, 7) is 7.42. The molecule has 0 heterocycles. The zero-order valence-corrected chi connectivity index (χ0v) is 9.79. The molecule has 1 rings (SSSR count). The minimum Gasteiger partial charge on any atom is -0.388 e. The van der Waals surface area contributed by atoms with Crippen molar-refractivity contribution in [2.24, 2.45) is 0 Å². The van der Waals surface area contributed by atoms with Crippen molar-refractivity contribution in [1.82, 2.24) is 0 Å². The van der Waals surface area contributed by atoms with Gasteiger partial charge in [-0.15, -0.1) is 0 Å². The molecule has 0 aliphatic heterocycles. The van der Waals surface area contributed by atoms with E-state index in [0.717, 1.165) is 5.56 Å². The van der Waals surface area contributed by atoms with Crippen molar-refractivity contribution in [2.45, 2.75) is 33.3 Å². The van der Waals surface area contributed by atoms with Crippen LogP contribution in [-0.2, 0) is 4.74 Å². The van der Waals surface area contributed by atoms with Crippen LogP contribution in [0.15, 0.2) is 18.2 Å². The van der Waals surface area contributed by atoms with Crippen LogP contribution < -0.4 is 0 Å². The highest BCUT2D eigenvalue weighted by Crippen LogP contribution is 2.19. The largest absolute Gasteiger partial charge is 0.388 e. The Kier molecular flexibility index (Phi) is 4.79. The predicted molar refractivity (Wildman–Crippen MR) is 62.0 cm³/mol. The molecule has 1 atom stereocenters. The van der Waals surface area contributed by atoms with Crippen molar-refractivity contribution in [3.8, 4) is 0 Å². The van der Waals surface area contributed by atoms with Crippen molar-refractivity contribution in [3.63, 3.8) is 0 Å². The summed E-state index contributed by atoms with van der Waals surface area (Å²) in [5, 5.41) is 9.88. The molecule has 2 nitrogen and oxygen atoms in total. The van der Waals surface area contributed by atoms with E-state index in [0.29, 0.717) is 19.6 Å². The van der Waals surface area contributed by atoms with E-state index in [1.54, 1.807) is 0 Å². The second-order valence-corrected chi connectivity index (χ2v) is 3.85. The molecule has 15 heavy (non-hydrogen) atoms. The lowest BCUT2D eigenvalue weighted by atomic mass is 10.0. The van der Waals surface area contributed by atoms with E-state index in [1.807, 2.05) is 19.1 Å². The zero-order chi connectivity index (χ0) is 11.3. The summed E-state index contributed by atoms with van der Waals surface area (Å²) in [6.07, 6.45) is 0.256. The number of rotatable bonds is 5. The van der Waals surface area contributed by atoms with Gasteiger partial charge < -0.3 is 9.84 Å². The third-order valence-electron chi connectivity index (χ3n) is 2.66. The van der Waals surface area contributed by atoms with E-state index >= 15 is 0 Å². The van der Waals surface area contributed by atoms with Crippen LogP contribution in [0.1, 0.15) is 36.1 Å². The van der Waals surface area contributed by atoms with Crippen molar-refractivity contribution in [2.75, 3.05) is 13.2 Å². The van der Waals surface area contributed by atoms with Crippen LogP contribution in [0.4, 0.5) is 0 Å². The monoisotopic (exact) mass is 208 g/mol. The molecular weight excluding hydrogens is 188 g/mol. The van der Waals surface area contributed by atoms with Crippen LogP contribution in [-0.4, -0.2) is 18.3 Å². The topological polar surface area (TPSA) is 29.5 Å². The van der Waals surface area contributed by atoms with E-state index in [9.17, 15) is 5.11 Å².